The molecule has 0 spiro atoms. The van der Waals surface area contributed by atoms with Gasteiger partial charge in [-0.05, 0) is 18.2 Å². The molecule has 0 unspecified atom stereocenters. The second-order valence-electron chi connectivity index (χ2n) is 6.27. The van der Waals surface area contributed by atoms with Crippen molar-refractivity contribution >= 4 is 34.8 Å². The van der Waals surface area contributed by atoms with Gasteiger partial charge in [0.1, 0.15) is 23.9 Å². The number of hydrogen-bond donors (Lipinski definition) is 0. The predicted molar refractivity (Wildman–Crippen MR) is 108 cm³/mol. The van der Waals surface area contributed by atoms with Crippen molar-refractivity contribution in [3.63, 3.8) is 0 Å². The average Bonchev–Trinajstić information content (AvgIpc) is 2.66. The molecule has 5 nitrogen and oxygen atoms in total. The number of ether oxygens (including phenoxy) is 1. The summed E-state index contributed by atoms with van der Waals surface area (Å²) < 4.78 is 59.6. The van der Waals surface area contributed by atoms with E-state index in [9.17, 15) is 27.2 Å². The fourth-order valence-corrected chi connectivity index (χ4v) is 3.45. The number of aromatic nitrogens is 2. The third-order valence-electron chi connectivity index (χ3n) is 4.29. The molecule has 1 aromatic heterocycles. The van der Waals surface area contributed by atoms with Gasteiger partial charge in [0.05, 0.1) is 10.7 Å². The topological polar surface area (TPSA) is 53.2 Å². The molecular weight excluding hydrogens is 487 g/mol. The molecule has 0 atom stereocenters. The lowest BCUT2D eigenvalue weighted by Crippen LogP contribution is -2.41. The van der Waals surface area contributed by atoms with Crippen molar-refractivity contribution in [2.45, 2.75) is 12.8 Å². The highest BCUT2D eigenvalue weighted by atomic mass is 35.5. The third kappa shape index (κ3) is 4.58. The van der Waals surface area contributed by atoms with Crippen molar-refractivity contribution in [1.29, 1.82) is 0 Å². The lowest BCUT2D eigenvalue weighted by molar-refractivity contribution is -0.144. The molecule has 3 rings (SSSR count). The number of benzene rings is 2. The van der Waals surface area contributed by atoms with Crippen LogP contribution in [0.4, 0.5) is 17.6 Å². The van der Waals surface area contributed by atoms with Crippen molar-refractivity contribution in [3.05, 3.63) is 89.4 Å². The summed E-state index contributed by atoms with van der Waals surface area (Å²) in [7, 11) is 0.811. The van der Waals surface area contributed by atoms with Crippen molar-refractivity contribution in [1.82, 2.24) is 9.13 Å². The Morgan fingerprint density at radius 2 is 1.61 bits per heavy atom. The largest absolute Gasteiger partial charge is 0.487 e. The van der Waals surface area contributed by atoms with Crippen LogP contribution in [0, 0.1) is 5.82 Å². The predicted octanol–water partition coefficient (Wildman–Crippen LogP) is 5.23. The third-order valence-corrected chi connectivity index (χ3v) is 5.29. The minimum Gasteiger partial charge on any atom is -0.487 e. The van der Waals surface area contributed by atoms with E-state index >= 15 is 0 Å². The van der Waals surface area contributed by atoms with Crippen molar-refractivity contribution < 1.29 is 22.3 Å². The molecule has 164 valence electrons. The van der Waals surface area contributed by atoms with Crippen molar-refractivity contribution in [3.8, 4) is 11.4 Å². The summed E-state index contributed by atoms with van der Waals surface area (Å²) in [5, 5.41) is 0.374. The van der Waals surface area contributed by atoms with E-state index in [2.05, 4.69) is 0 Å². The molecular formula is C19H11Cl3F4N2O3. The quantitative estimate of drug-likeness (QED) is 0.464. The van der Waals surface area contributed by atoms with E-state index in [1.54, 1.807) is 18.2 Å². The van der Waals surface area contributed by atoms with Gasteiger partial charge in [-0.25, -0.2) is 13.8 Å². The zero-order valence-corrected chi connectivity index (χ0v) is 17.7. The van der Waals surface area contributed by atoms with E-state index in [0.717, 1.165) is 19.2 Å². The monoisotopic (exact) mass is 496 g/mol. The zero-order valence-electron chi connectivity index (χ0n) is 15.4. The molecule has 0 amide bonds. The van der Waals surface area contributed by atoms with Crippen LogP contribution in [-0.2, 0) is 19.8 Å². The first-order chi connectivity index (χ1) is 14.4. The highest BCUT2D eigenvalue weighted by Crippen LogP contribution is 2.32. The fraction of sp³-hybridized carbons (Fsp3) is 0.158. The van der Waals surface area contributed by atoms with Gasteiger partial charge in [0, 0.05) is 34.8 Å². The highest BCUT2D eigenvalue weighted by molar-refractivity contribution is 6.36. The summed E-state index contributed by atoms with van der Waals surface area (Å²) in [5.74, 6) is -1.27. The van der Waals surface area contributed by atoms with Crippen LogP contribution in [0.5, 0.6) is 5.75 Å². The molecule has 0 aliphatic rings. The summed E-state index contributed by atoms with van der Waals surface area (Å²) >= 11 is 18.1. The van der Waals surface area contributed by atoms with Gasteiger partial charge < -0.3 is 4.74 Å². The molecule has 2 aromatic carbocycles. The van der Waals surface area contributed by atoms with Crippen LogP contribution in [0.1, 0.15) is 11.3 Å². The number of hydrogen-bond acceptors (Lipinski definition) is 3. The lowest BCUT2D eigenvalue weighted by atomic mass is 10.2. The van der Waals surface area contributed by atoms with E-state index in [0.29, 0.717) is 15.6 Å². The molecule has 3 aromatic rings. The zero-order chi connectivity index (χ0) is 23.1. The summed E-state index contributed by atoms with van der Waals surface area (Å²) in [6, 6.07) is 6.64. The molecule has 12 heteroatoms. The standard InChI is InChI=1S/C19H11Cl3F4N2O3/c1-27-16(19(24,25)26)7-17(29)28(18(27)30)14-6-15(12(22)5-13(14)23)31-8-9-10(20)3-2-4-11(9)21/h2-7H,8H2,1H3. The summed E-state index contributed by atoms with van der Waals surface area (Å²) in [6.07, 6.45) is -4.95. The Hall–Kier alpha value is -2.49. The Kier molecular flexibility index (Phi) is 6.40. The molecule has 0 aliphatic carbocycles. The molecule has 0 N–H and O–H groups in total. The normalized spacial score (nSPS) is 11.6. The van der Waals surface area contributed by atoms with E-state index in [4.69, 9.17) is 39.5 Å². The van der Waals surface area contributed by atoms with E-state index in [-0.39, 0.29) is 32.6 Å². The van der Waals surface area contributed by atoms with Crippen LogP contribution in [0.25, 0.3) is 5.69 Å². The molecule has 0 aliphatic heterocycles. The fourth-order valence-electron chi connectivity index (χ4n) is 2.74. The van der Waals surface area contributed by atoms with E-state index < -0.39 is 34.6 Å². The minimum absolute atomic E-state index is 0.150. The first-order valence-corrected chi connectivity index (χ1v) is 9.50. The first-order valence-electron chi connectivity index (χ1n) is 8.37. The molecule has 1 heterocycles. The van der Waals surface area contributed by atoms with Gasteiger partial charge in [-0.2, -0.15) is 13.2 Å². The Bertz CT molecular complexity index is 1270. The van der Waals surface area contributed by atoms with E-state index in [1.807, 2.05) is 0 Å². The van der Waals surface area contributed by atoms with Gasteiger partial charge >= 0.3 is 11.9 Å². The van der Waals surface area contributed by atoms with Gasteiger partial charge in [-0.3, -0.25) is 9.36 Å². The van der Waals surface area contributed by atoms with Crippen molar-refractivity contribution in [2.24, 2.45) is 7.05 Å². The number of halogens is 7. The van der Waals surface area contributed by atoms with Crippen LogP contribution in [0.3, 0.4) is 0 Å². The number of rotatable bonds is 4. The van der Waals surface area contributed by atoms with Crippen LogP contribution >= 0.6 is 34.8 Å². The molecule has 0 saturated carbocycles. The molecule has 31 heavy (non-hydrogen) atoms. The van der Waals surface area contributed by atoms with Gasteiger partial charge in [0.15, 0.2) is 0 Å². The second-order valence-corrected chi connectivity index (χ2v) is 7.49. The Morgan fingerprint density at radius 3 is 2.19 bits per heavy atom. The second kappa shape index (κ2) is 8.57. The number of nitrogens with zero attached hydrogens (tertiary/aromatic N) is 2. The lowest BCUT2D eigenvalue weighted by Gasteiger charge is -2.16. The highest BCUT2D eigenvalue weighted by Gasteiger charge is 2.35. The molecule has 0 fully saturated rings. The maximum atomic E-state index is 14.5. The Morgan fingerprint density at radius 1 is 1.00 bits per heavy atom. The van der Waals surface area contributed by atoms with Crippen LogP contribution < -0.4 is 16.0 Å². The van der Waals surface area contributed by atoms with Crippen LogP contribution in [0.2, 0.25) is 15.1 Å². The van der Waals surface area contributed by atoms with Gasteiger partial charge in [-0.15, -0.1) is 0 Å². The van der Waals surface area contributed by atoms with E-state index in [1.165, 1.54) is 0 Å². The van der Waals surface area contributed by atoms with Crippen LogP contribution in [0.15, 0.2) is 46.0 Å². The number of alkyl halides is 3. The van der Waals surface area contributed by atoms with Gasteiger partial charge in [0.25, 0.3) is 5.56 Å². The smallest absolute Gasteiger partial charge is 0.431 e. The van der Waals surface area contributed by atoms with Crippen molar-refractivity contribution in [2.75, 3.05) is 0 Å². The Labute approximate surface area is 187 Å². The SMILES string of the molecule is Cn1c(C(F)(F)F)cc(=O)n(-c2cc(OCc3c(Cl)cccc3Cl)c(Cl)cc2F)c1=O. The first kappa shape index (κ1) is 23.2. The average molecular weight is 498 g/mol. The van der Waals surface area contributed by atoms with Gasteiger partial charge in [-0.1, -0.05) is 40.9 Å². The molecule has 0 radical (unpaired) electrons. The molecule has 0 saturated heterocycles. The summed E-state index contributed by atoms with van der Waals surface area (Å²) in [6.45, 7) is -0.191. The van der Waals surface area contributed by atoms with Crippen LogP contribution in [-0.4, -0.2) is 9.13 Å². The maximum Gasteiger partial charge on any atom is 0.431 e. The summed E-state index contributed by atoms with van der Waals surface area (Å²) in [5.41, 5.74) is -4.49. The molecule has 0 bridgehead atoms. The summed E-state index contributed by atoms with van der Waals surface area (Å²) in [4.78, 5) is 24.7. The Balaban J connectivity index is 2.09. The maximum absolute atomic E-state index is 14.5. The van der Waals surface area contributed by atoms with Gasteiger partial charge in [0.2, 0.25) is 0 Å². The minimum atomic E-state index is -4.95.